The van der Waals surface area contributed by atoms with E-state index in [4.69, 9.17) is 4.74 Å². The zero-order valence-electron chi connectivity index (χ0n) is 16.4. The Morgan fingerprint density at radius 2 is 1.93 bits per heavy atom. The summed E-state index contributed by atoms with van der Waals surface area (Å²) in [6.07, 6.45) is 3.79. The van der Waals surface area contributed by atoms with E-state index in [2.05, 4.69) is 9.88 Å². The number of ether oxygens (including phenoxy) is 1. The number of piperidine rings is 1. The number of rotatable bonds is 3. The molecule has 7 heteroatoms. The van der Waals surface area contributed by atoms with Gasteiger partial charge >= 0.3 is 6.09 Å². The molecule has 1 aromatic heterocycles. The molecule has 2 aliphatic rings. The van der Waals surface area contributed by atoms with Crippen LogP contribution in [0, 0.1) is 0 Å². The lowest BCUT2D eigenvalue weighted by molar-refractivity contribution is 0.0378. The van der Waals surface area contributed by atoms with Gasteiger partial charge in [0.25, 0.3) is 5.91 Å². The monoisotopic (exact) mass is 384 g/mol. The van der Waals surface area contributed by atoms with Gasteiger partial charge in [-0.15, -0.1) is 0 Å². The summed E-state index contributed by atoms with van der Waals surface area (Å²) in [6, 6.07) is 8.20. The van der Waals surface area contributed by atoms with Crippen molar-refractivity contribution < 1.29 is 14.3 Å². The van der Waals surface area contributed by atoms with Crippen molar-refractivity contribution in [2.75, 3.05) is 45.9 Å². The third kappa shape index (κ3) is 3.85. The lowest BCUT2D eigenvalue weighted by Gasteiger charge is -2.43. The highest BCUT2D eigenvalue weighted by atomic mass is 16.6. The minimum absolute atomic E-state index is 0.109. The third-order valence-corrected chi connectivity index (χ3v) is 5.84. The summed E-state index contributed by atoms with van der Waals surface area (Å²) < 4.78 is 5.10. The quantitative estimate of drug-likeness (QED) is 0.883. The van der Waals surface area contributed by atoms with Crippen LogP contribution < -0.4 is 0 Å². The first-order valence-corrected chi connectivity index (χ1v) is 10.2. The molecule has 2 aromatic rings. The van der Waals surface area contributed by atoms with Gasteiger partial charge < -0.3 is 19.5 Å². The lowest BCUT2D eigenvalue weighted by atomic mass is 10.0. The fourth-order valence-electron chi connectivity index (χ4n) is 4.29. The minimum atomic E-state index is -0.220. The van der Waals surface area contributed by atoms with Crippen LogP contribution in [0.2, 0.25) is 0 Å². The summed E-state index contributed by atoms with van der Waals surface area (Å²) in [7, 11) is 0. The summed E-state index contributed by atoms with van der Waals surface area (Å²) in [5.41, 5.74) is 1.80. The Labute approximate surface area is 165 Å². The highest BCUT2D eigenvalue weighted by molar-refractivity contribution is 5.98. The van der Waals surface area contributed by atoms with Crippen LogP contribution in [-0.4, -0.2) is 83.6 Å². The Kier molecular flexibility index (Phi) is 5.52. The van der Waals surface area contributed by atoms with Crippen molar-refractivity contribution in [1.82, 2.24) is 19.7 Å². The van der Waals surface area contributed by atoms with Crippen LogP contribution >= 0.6 is 0 Å². The van der Waals surface area contributed by atoms with E-state index in [9.17, 15) is 9.59 Å². The molecule has 28 heavy (non-hydrogen) atoms. The Morgan fingerprint density at radius 3 is 2.71 bits per heavy atom. The molecule has 4 rings (SSSR count). The maximum absolute atomic E-state index is 13.0. The second kappa shape index (κ2) is 8.22. The second-order valence-electron chi connectivity index (χ2n) is 7.55. The van der Waals surface area contributed by atoms with Gasteiger partial charge in [0.2, 0.25) is 0 Å². The minimum Gasteiger partial charge on any atom is -0.450 e. The van der Waals surface area contributed by atoms with Gasteiger partial charge in [0, 0.05) is 68.0 Å². The number of carbonyl (C=O) groups is 2. The number of hydrogen-bond donors (Lipinski definition) is 1. The molecule has 1 N–H and O–H groups in total. The Balaban J connectivity index is 1.36. The average molecular weight is 384 g/mol. The van der Waals surface area contributed by atoms with Gasteiger partial charge in [-0.3, -0.25) is 9.69 Å². The van der Waals surface area contributed by atoms with E-state index < -0.39 is 0 Å². The number of nitrogens with one attached hydrogen (secondary N) is 1. The number of hydrogen-bond acceptors (Lipinski definition) is 4. The van der Waals surface area contributed by atoms with Crippen molar-refractivity contribution in [2.24, 2.45) is 0 Å². The van der Waals surface area contributed by atoms with Crippen molar-refractivity contribution in [3.8, 4) is 0 Å². The number of aromatic nitrogens is 1. The van der Waals surface area contributed by atoms with Crippen LogP contribution in [0.15, 0.2) is 30.5 Å². The molecule has 2 aliphatic heterocycles. The van der Waals surface area contributed by atoms with Crippen LogP contribution in [0.25, 0.3) is 10.9 Å². The summed E-state index contributed by atoms with van der Waals surface area (Å²) in [4.78, 5) is 34.3. The molecule has 1 unspecified atom stereocenters. The first-order chi connectivity index (χ1) is 13.7. The fourth-order valence-corrected chi connectivity index (χ4v) is 4.29. The van der Waals surface area contributed by atoms with Crippen molar-refractivity contribution in [2.45, 2.75) is 25.8 Å². The van der Waals surface area contributed by atoms with Gasteiger partial charge in [-0.05, 0) is 44.0 Å². The molecule has 7 nitrogen and oxygen atoms in total. The number of fused-ring (bicyclic) bond motifs is 1. The van der Waals surface area contributed by atoms with Gasteiger partial charge in [-0.25, -0.2) is 4.79 Å². The Hall–Kier alpha value is -2.54. The van der Waals surface area contributed by atoms with Gasteiger partial charge in [0.15, 0.2) is 0 Å². The number of aromatic amines is 1. The van der Waals surface area contributed by atoms with Gasteiger partial charge in [-0.2, -0.15) is 0 Å². The molecule has 0 saturated carbocycles. The largest absolute Gasteiger partial charge is 0.450 e. The van der Waals surface area contributed by atoms with E-state index in [1.807, 2.05) is 42.3 Å². The van der Waals surface area contributed by atoms with E-state index in [-0.39, 0.29) is 12.0 Å². The predicted molar refractivity (Wildman–Crippen MR) is 107 cm³/mol. The van der Waals surface area contributed by atoms with E-state index in [0.717, 1.165) is 55.5 Å². The molecular weight excluding hydrogens is 356 g/mol. The maximum atomic E-state index is 13.0. The molecular formula is C21H28N4O3. The lowest BCUT2D eigenvalue weighted by Crippen LogP contribution is -2.56. The van der Waals surface area contributed by atoms with E-state index in [1.54, 1.807) is 4.90 Å². The number of likely N-dealkylation sites (tertiary alicyclic amines) is 1. The highest BCUT2D eigenvalue weighted by Gasteiger charge is 2.31. The zero-order chi connectivity index (χ0) is 19.5. The van der Waals surface area contributed by atoms with E-state index >= 15 is 0 Å². The molecule has 0 aliphatic carbocycles. The number of benzene rings is 1. The molecule has 0 bridgehead atoms. The number of carbonyl (C=O) groups excluding carboxylic acids is 2. The number of nitrogens with zero attached hydrogens (tertiary/aromatic N) is 3. The summed E-state index contributed by atoms with van der Waals surface area (Å²) in [5.74, 6) is 0.109. The normalized spacial score (nSPS) is 21.1. The van der Waals surface area contributed by atoms with Crippen LogP contribution in [-0.2, 0) is 4.74 Å². The Morgan fingerprint density at radius 1 is 1.11 bits per heavy atom. The van der Waals surface area contributed by atoms with Crippen molar-refractivity contribution in [3.05, 3.63) is 36.0 Å². The standard InChI is InChI=1S/C21H28N4O3/c1-2-28-21(27)24-12-10-23(11-13-24)18-4-3-9-25(15-18)20(26)17-5-6-19-16(14-17)7-8-22-19/h5-8,14,18,22H,2-4,9-13,15H2,1H3. The molecule has 0 spiro atoms. The zero-order valence-corrected chi connectivity index (χ0v) is 16.4. The second-order valence-corrected chi connectivity index (χ2v) is 7.55. The molecule has 0 radical (unpaired) electrons. The first kappa shape index (κ1) is 18.8. The van der Waals surface area contributed by atoms with Crippen LogP contribution in [0.5, 0.6) is 0 Å². The van der Waals surface area contributed by atoms with E-state index in [1.165, 1.54) is 0 Å². The van der Waals surface area contributed by atoms with Gasteiger partial charge in [0.05, 0.1) is 6.61 Å². The van der Waals surface area contributed by atoms with Crippen molar-refractivity contribution >= 4 is 22.9 Å². The molecule has 2 saturated heterocycles. The van der Waals surface area contributed by atoms with Gasteiger partial charge in [0.1, 0.15) is 0 Å². The SMILES string of the molecule is CCOC(=O)N1CCN(C2CCCN(C(=O)c3ccc4[nH]ccc4c3)C2)CC1. The fraction of sp³-hybridized carbons (Fsp3) is 0.524. The van der Waals surface area contributed by atoms with Crippen LogP contribution in [0.1, 0.15) is 30.1 Å². The smallest absolute Gasteiger partial charge is 0.409 e. The molecule has 150 valence electrons. The summed E-state index contributed by atoms with van der Waals surface area (Å²) in [5, 5.41) is 1.06. The van der Waals surface area contributed by atoms with Gasteiger partial charge in [-0.1, -0.05) is 0 Å². The first-order valence-electron chi connectivity index (χ1n) is 10.2. The highest BCUT2D eigenvalue weighted by Crippen LogP contribution is 2.21. The Bertz CT molecular complexity index is 841. The van der Waals surface area contributed by atoms with Crippen LogP contribution in [0.3, 0.4) is 0 Å². The third-order valence-electron chi connectivity index (χ3n) is 5.84. The molecule has 2 fully saturated rings. The average Bonchev–Trinajstić information content (AvgIpc) is 3.21. The van der Waals surface area contributed by atoms with E-state index in [0.29, 0.717) is 25.7 Å². The van der Waals surface area contributed by atoms with Crippen molar-refractivity contribution in [1.29, 1.82) is 0 Å². The topological polar surface area (TPSA) is 68.9 Å². The molecule has 1 atom stereocenters. The number of H-pyrrole nitrogens is 1. The molecule has 3 heterocycles. The summed E-state index contributed by atoms with van der Waals surface area (Å²) >= 11 is 0. The molecule has 2 amide bonds. The molecule has 1 aromatic carbocycles. The summed E-state index contributed by atoms with van der Waals surface area (Å²) in [6.45, 7) is 6.85. The number of piperazine rings is 1. The maximum Gasteiger partial charge on any atom is 0.409 e. The van der Waals surface area contributed by atoms with Crippen molar-refractivity contribution in [3.63, 3.8) is 0 Å². The number of amides is 2. The predicted octanol–water partition coefficient (Wildman–Crippen LogP) is 2.55. The van der Waals surface area contributed by atoms with Crippen LogP contribution in [0.4, 0.5) is 4.79 Å².